The van der Waals surface area contributed by atoms with Crippen LogP contribution in [0.4, 0.5) is 0 Å². The fourth-order valence-corrected chi connectivity index (χ4v) is 3.85. The summed E-state index contributed by atoms with van der Waals surface area (Å²) >= 11 is 0. The van der Waals surface area contributed by atoms with Gasteiger partial charge in [0.15, 0.2) is 5.96 Å². The van der Waals surface area contributed by atoms with E-state index in [1.54, 1.807) is 16.7 Å². The fraction of sp³-hybridized carbons (Fsp3) is 0.520. The second-order valence-electron chi connectivity index (χ2n) is 8.71. The minimum absolute atomic E-state index is 0.0109. The van der Waals surface area contributed by atoms with E-state index in [0.29, 0.717) is 19.0 Å². The molecule has 1 aliphatic heterocycles. The van der Waals surface area contributed by atoms with E-state index in [4.69, 9.17) is 9.73 Å². The van der Waals surface area contributed by atoms with E-state index in [1.807, 2.05) is 12.3 Å². The maximum atomic E-state index is 11.9. The Morgan fingerprint density at radius 2 is 1.94 bits per heavy atom. The average molecular weight is 440 g/mol. The third-order valence-electron chi connectivity index (χ3n) is 5.38. The third-order valence-corrected chi connectivity index (χ3v) is 5.38. The molecule has 7 nitrogen and oxygen atoms in total. The molecule has 0 amide bonds. The number of aliphatic imine (C=N–C) groups is 1. The average Bonchev–Trinajstić information content (AvgIpc) is 2.78. The Morgan fingerprint density at radius 1 is 1.16 bits per heavy atom. The Balaban J connectivity index is 1.52. The lowest BCUT2D eigenvalue weighted by molar-refractivity contribution is -0.0284. The molecule has 7 heteroatoms. The van der Waals surface area contributed by atoms with Crippen LogP contribution in [0.1, 0.15) is 31.9 Å². The Bertz CT molecular complexity index is 907. The molecule has 1 saturated heterocycles. The zero-order chi connectivity index (χ0) is 22.8. The number of hydrogen-bond acceptors (Lipinski definition) is 4. The van der Waals surface area contributed by atoms with E-state index >= 15 is 0 Å². The van der Waals surface area contributed by atoms with E-state index in [0.717, 1.165) is 56.4 Å². The minimum atomic E-state index is 0.0109. The van der Waals surface area contributed by atoms with E-state index in [1.165, 1.54) is 0 Å². The topological polar surface area (TPSA) is 70.9 Å². The number of pyridine rings is 1. The van der Waals surface area contributed by atoms with Crippen LogP contribution in [0, 0.1) is 5.92 Å². The number of morpholine rings is 1. The van der Waals surface area contributed by atoms with E-state index in [9.17, 15) is 4.79 Å². The summed E-state index contributed by atoms with van der Waals surface area (Å²) in [7, 11) is 0. The number of nitrogens with zero attached hydrogens (tertiary/aromatic N) is 3. The van der Waals surface area contributed by atoms with Gasteiger partial charge in [-0.15, -0.1) is 0 Å². The highest BCUT2D eigenvalue weighted by atomic mass is 16.5. The molecule has 1 aromatic carbocycles. The fourth-order valence-electron chi connectivity index (χ4n) is 3.85. The maximum absolute atomic E-state index is 11.9. The van der Waals surface area contributed by atoms with Crippen LogP contribution in [-0.4, -0.2) is 60.9 Å². The summed E-state index contributed by atoms with van der Waals surface area (Å²) in [6.07, 6.45) is 1.99. The number of aromatic nitrogens is 1. The lowest BCUT2D eigenvalue weighted by Crippen LogP contribution is -2.50. The molecule has 0 radical (unpaired) electrons. The summed E-state index contributed by atoms with van der Waals surface area (Å²) in [6.45, 7) is 13.2. The van der Waals surface area contributed by atoms with E-state index in [2.05, 4.69) is 60.6 Å². The molecule has 32 heavy (non-hydrogen) atoms. The van der Waals surface area contributed by atoms with Crippen molar-refractivity contribution in [3.63, 3.8) is 0 Å². The second kappa shape index (κ2) is 12.4. The normalized spacial score (nSPS) is 17.5. The SMILES string of the molecule is CCNC(=NCc1ccc(Cn2ccccc2=O)cc1)NCC1CN(CC(C)C)CCO1. The summed E-state index contributed by atoms with van der Waals surface area (Å²) in [5.41, 5.74) is 2.23. The monoisotopic (exact) mass is 439 g/mol. The Morgan fingerprint density at radius 3 is 2.66 bits per heavy atom. The van der Waals surface area contributed by atoms with Crippen LogP contribution in [0.3, 0.4) is 0 Å². The van der Waals surface area contributed by atoms with Crippen molar-refractivity contribution >= 4 is 5.96 Å². The standard InChI is InChI=1S/C25H37N5O2/c1-4-26-25(28-16-23-19-29(13-14-32-23)17-20(2)3)27-15-21-8-10-22(11-9-21)18-30-12-6-5-7-24(30)31/h5-12,20,23H,4,13-19H2,1-3H3,(H2,26,27,28). The molecule has 0 bridgehead atoms. The second-order valence-corrected chi connectivity index (χ2v) is 8.71. The molecular weight excluding hydrogens is 402 g/mol. The van der Waals surface area contributed by atoms with Crippen LogP contribution >= 0.6 is 0 Å². The lowest BCUT2D eigenvalue weighted by atomic mass is 10.1. The van der Waals surface area contributed by atoms with Crippen molar-refractivity contribution in [3.05, 3.63) is 70.1 Å². The van der Waals surface area contributed by atoms with Gasteiger partial charge in [0.25, 0.3) is 5.56 Å². The predicted molar refractivity (Wildman–Crippen MR) is 130 cm³/mol. The number of rotatable bonds is 9. The van der Waals surface area contributed by atoms with Gasteiger partial charge < -0.3 is 19.9 Å². The third kappa shape index (κ3) is 7.80. The largest absolute Gasteiger partial charge is 0.374 e. The molecule has 0 aliphatic carbocycles. The van der Waals surface area contributed by atoms with Crippen molar-refractivity contribution in [2.75, 3.05) is 39.3 Å². The molecule has 1 aliphatic rings. The molecular formula is C25H37N5O2. The molecule has 2 heterocycles. The van der Waals surface area contributed by atoms with Gasteiger partial charge in [0, 0.05) is 45.0 Å². The molecule has 1 fully saturated rings. The Hall–Kier alpha value is -2.64. The molecule has 1 aromatic heterocycles. The number of benzene rings is 1. The highest BCUT2D eigenvalue weighted by molar-refractivity contribution is 5.79. The van der Waals surface area contributed by atoms with Gasteiger partial charge in [0.1, 0.15) is 0 Å². The summed E-state index contributed by atoms with van der Waals surface area (Å²) in [6, 6.07) is 13.5. The zero-order valence-corrected chi connectivity index (χ0v) is 19.6. The van der Waals surface area contributed by atoms with Crippen molar-refractivity contribution in [1.82, 2.24) is 20.1 Å². The molecule has 2 N–H and O–H groups in total. The summed E-state index contributed by atoms with van der Waals surface area (Å²) < 4.78 is 7.64. The first-order valence-electron chi connectivity index (χ1n) is 11.6. The Labute approximate surface area is 191 Å². The number of guanidine groups is 1. The first kappa shape index (κ1) is 24.0. The molecule has 0 saturated carbocycles. The molecule has 1 unspecified atom stereocenters. The molecule has 174 valence electrons. The van der Waals surface area contributed by atoms with Gasteiger partial charge in [-0.2, -0.15) is 0 Å². The number of nitrogens with one attached hydrogen (secondary N) is 2. The first-order valence-corrected chi connectivity index (χ1v) is 11.6. The molecule has 3 rings (SSSR count). The minimum Gasteiger partial charge on any atom is -0.374 e. The summed E-state index contributed by atoms with van der Waals surface area (Å²) in [4.78, 5) is 19.1. The highest BCUT2D eigenvalue weighted by Crippen LogP contribution is 2.09. The van der Waals surface area contributed by atoms with Crippen LogP contribution in [-0.2, 0) is 17.8 Å². The van der Waals surface area contributed by atoms with Crippen LogP contribution in [0.5, 0.6) is 0 Å². The quantitative estimate of drug-likeness (QED) is 0.464. The van der Waals surface area contributed by atoms with Gasteiger partial charge in [0.05, 0.1) is 25.8 Å². The zero-order valence-electron chi connectivity index (χ0n) is 19.6. The van der Waals surface area contributed by atoms with Crippen molar-refractivity contribution in [2.24, 2.45) is 10.9 Å². The highest BCUT2D eigenvalue weighted by Gasteiger charge is 2.21. The van der Waals surface area contributed by atoms with Gasteiger partial charge in [-0.3, -0.25) is 9.69 Å². The summed E-state index contributed by atoms with van der Waals surface area (Å²) in [5.74, 6) is 1.47. The molecule has 2 aromatic rings. The predicted octanol–water partition coefficient (Wildman–Crippen LogP) is 2.31. The van der Waals surface area contributed by atoms with E-state index < -0.39 is 0 Å². The number of hydrogen-bond donors (Lipinski definition) is 2. The van der Waals surface area contributed by atoms with Gasteiger partial charge in [-0.1, -0.05) is 44.2 Å². The molecule has 1 atom stereocenters. The van der Waals surface area contributed by atoms with Crippen molar-refractivity contribution in [2.45, 2.75) is 40.0 Å². The number of ether oxygens (including phenoxy) is 1. The van der Waals surface area contributed by atoms with Crippen LogP contribution in [0.2, 0.25) is 0 Å². The smallest absolute Gasteiger partial charge is 0.250 e. The Kier molecular flexibility index (Phi) is 9.31. The van der Waals surface area contributed by atoms with Gasteiger partial charge in [-0.05, 0) is 30.0 Å². The van der Waals surface area contributed by atoms with Crippen molar-refractivity contribution < 1.29 is 4.74 Å². The van der Waals surface area contributed by atoms with Crippen molar-refractivity contribution in [3.8, 4) is 0 Å². The van der Waals surface area contributed by atoms with E-state index in [-0.39, 0.29) is 11.7 Å². The van der Waals surface area contributed by atoms with Gasteiger partial charge >= 0.3 is 0 Å². The van der Waals surface area contributed by atoms with Crippen molar-refractivity contribution in [1.29, 1.82) is 0 Å². The maximum Gasteiger partial charge on any atom is 0.250 e. The van der Waals surface area contributed by atoms with Crippen LogP contribution < -0.4 is 16.2 Å². The van der Waals surface area contributed by atoms with Crippen LogP contribution in [0.15, 0.2) is 58.4 Å². The summed E-state index contributed by atoms with van der Waals surface area (Å²) in [5, 5.41) is 6.75. The first-order chi connectivity index (χ1) is 15.5. The van der Waals surface area contributed by atoms with Gasteiger partial charge in [-0.25, -0.2) is 4.99 Å². The van der Waals surface area contributed by atoms with Crippen LogP contribution in [0.25, 0.3) is 0 Å². The lowest BCUT2D eigenvalue weighted by Gasteiger charge is -2.34. The molecule has 0 spiro atoms. The van der Waals surface area contributed by atoms with Gasteiger partial charge in [0.2, 0.25) is 0 Å².